The number of ether oxygens (including phenoxy) is 1. The fraction of sp³-hybridized carbons (Fsp3) is 0.524. The maximum Gasteiger partial charge on any atom is 0.254 e. The smallest absolute Gasteiger partial charge is 0.254 e. The van der Waals surface area contributed by atoms with Gasteiger partial charge in [-0.05, 0) is 52.1 Å². The molecule has 2 aromatic rings. The quantitative estimate of drug-likeness (QED) is 0.752. The second-order valence-electron chi connectivity index (χ2n) is 7.33. The molecule has 27 heavy (non-hydrogen) atoms. The summed E-state index contributed by atoms with van der Waals surface area (Å²) in [7, 11) is 4.15. The molecule has 1 aromatic carbocycles. The van der Waals surface area contributed by atoms with Crippen LogP contribution in [0.3, 0.4) is 0 Å². The highest BCUT2D eigenvalue weighted by atomic mass is 16.5. The number of likely N-dealkylation sites (N-methyl/N-ethyl adjacent to an activating group) is 1. The lowest BCUT2D eigenvalue weighted by atomic mass is 9.96. The molecule has 2 heterocycles. The molecule has 1 atom stereocenters. The van der Waals surface area contributed by atoms with Crippen LogP contribution >= 0.6 is 0 Å². The van der Waals surface area contributed by atoms with Gasteiger partial charge in [0.25, 0.3) is 5.91 Å². The van der Waals surface area contributed by atoms with Crippen molar-refractivity contribution in [2.45, 2.75) is 32.2 Å². The van der Waals surface area contributed by atoms with Crippen LogP contribution in [-0.4, -0.2) is 65.6 Å². The number of benzene rings is 1. The number of rotatable bonds is 7. The Morgan fingerprint density at radius 3 is 3.00 bits per heavy atom. The maximum absolute atomic E-state index is 13.0. The van der Waals surface area contributed by atoms with Gasteiger partial charge in [-0.15, -0.1) is 0 Å². The molecule has 0 N–H and O–H groups in total. The molecule has 0 bridgehead atoms. The minimum absolute atomic E-state index is 0.0765. The Morgan fingerprint density at radius 1 is 1.37 bits per heavy atom. The van der Waals surface area contributed by atoms with Gasteiger partial charge in [0.1, 0.15) is 11.6 Å². The van der Waals surface area contributed by atoms with Crippen molar-refractivity contribution in [2.75, 3.05) is 40.3 Å². The van der Waals surface area contributed by atoms with Gasteiger partial charge in [-0.2, -0.15) is 0 Å². The summed E-state index contributed by atoms with van der Waals surface area (Å²) in [6, 6.07) is 7.48. The van der Waals surface area contributed by atoms with Crippen molar-refractivity contribution in [3.05, 3.63) is 48.0 Å². The fourth-order valence-corrected chi connectivity index (χ4v) is 3.62. The Bertz CT molecular complexity index is 756. The van der Waals surface area contributed by atoms with Gasteiger partial charge in [-0.25, -0.2) is 4.98 Å². The van der Waals surface area contributed by atoms with Crippen LogP contribution < -0.4 is 4.74 Å². The Morgan fingerprint density at radius 2 is 2.22 bits per heavy atom. The number of carbonyl (C=O) groups excluding carboxylic acids is 1. The van der Waals surface area contributed by atoms with E-state index in [-0.39, 0.29) is 11.8 Å². The van der Waals surface area contributed by atoms with E-state index in [0.717, 1.165) is 50.6 Å². The third-order valence-corrected chi connectivity index (χ3v) is 5.00. The van der Waals surface area contributed by atoms with Crippen molar-refractivity contribution in [2.24, 2.45) is 0 Å². The van der Waals surface area contributed by atoms with Crippen molar-refractivity contribution in [1.29, 1.82) is 0 Å². The largest absolute Gasteiger partial charge is 0.494 e. The van der Waals surface area contributed by atoms with Crippen LogP contribution in [0, 0.1) is 0 Å². The van der Waals surface area contributed by atoms with Crippen molar-refractivity contribution >= 4 is 5.91 Å². The number of piperidine rings is 1. The molecule has 6 nitrogen and oxygen atoms in total. The third-order valence-electron chi connectivity index (χ3n) is 5.00. The van der Waals surface area contributed by atoms with Gasteiger partial charge >= 0.3 is 0 Å². The number of carbonyl (C=O) groups is 1. The molecule has 1 amide bonds. The second kappa shape index (κ2) is 9.04. The lowest BCUT2D eigenvalue weighted by Gasteiger charge is -2.33. The van der Waals surface area contributed by atoms with E-state index in [9.17, 15) is 4.79 Å². The zero-order valence-corrected chi connectivity index (χ0v) is 16.6. The van der Waals surface area contributed by atoms with Crippen LogP contribution in [-0.2, 0) is 6.54 Å². The van der Waals surface area contributed by atoms with Gasteiger partial charge in [0.05, 0.1) is 6.61 Å². The molecular formula is C21H30N4O2. The van der Waals surface area contributed by atoms with Crippen molar-refractivity contribution in [3.8, 4) is 5.75 Å². The van der Waals surface area contributed by atoms with E-state index < -0.39 is 0 Å². The Hall–Kier alpha value is -2.34. The molecule has 1 aromatic heterocycles. The normalized spacial score (nSPS) is 17.3. The highest BCUT2D eigenvalue weighted by molar-refractivity contribution is 5.94. The molecule has 1 fully saturated rings. The minimum atomic E-state index is 0.0765. The van der Waals surface area contributed by atoms with Gasteiger partial charge in [0.15, 0.2) is 0 Å². The molecule has 6 heteroatoms. The lowest BCUT2D eigenvalue weighted by Crippen LogP contribution is -2.40. The summed E-state index contributed by atoms with van der Waals surface area (Å²) < 4.78 is 7.77. The van der Waals surface area contributed by atoms with E-state index >= 15 is 0 Å². The van der Waals surface area contributed by atoms with Gasteiger partial charge in [0.2, 0.25) is 0 Å². The van der Waals surface area contributed by atoms with E-state index in [2.05, 4.69) is 28.5 Å². The van der Waals surface area contributed by atoms with Gasteiger partial charge in [-0.3, -0.25) is 4.79 Å². The van der Waals surface area contributed by atoms with Crippen LogP contribution in [0.15, 0.2) is 36.7 Å². The van der Waals surface area contributed by atoms with E-state index in [1.165, 1.54) is 0 Å². The number of amides is 1. The Balaban J connectivity index is 1.70. The molecule has 1 aliphatic heterocycles. The summed E-state index contributed by atoms with van der Waals surface area (Å²) in [6.45, 7) is 5.95. The Labute approximate surface area is 161 Å². The van der Waals surface area contributed by atoms with Crippen LogP contribution in [0.4, 0.5) is 0 Å². The van der Waals surface area contributed by atoms with Crippen molar-refractivity contribution < 1.29 is 9.53 Å². The first kappa shape index (κ1) is 19.4. The summed E-state index contributed by atoms with van der Waals surface area (Å²) in [5, 5.41) is 0. The van der Waals surface area contributed by atoms with E-state index in [1.807, 2.05) is 48.5 Å². The summed E-state index contributed by atoms with van der Waals surface area (Å²) in [6.07, 6.45) is 5.99. The minimum Gasteiger partial charge on any atom is -0.494 e. The standard InChI is InChI=1S/C21H30N4O2/c1-4-27-19-9-5-7-17(15-19)21(26)25-11-6-8-18(16-25)20-22-10-12-24(20)14-13-23(2)3/h5,7,9-10,12,15,18H,4,6,8,11,13-14,16H2,1-3H3/t18-/m0/s1. The number of hydrogen-bond acceptors (Lipinski definition) is 4. The summed E-state index contributed by atoms with van der Waals surface area (Å²) >= 11 is 0. The number of likely N-dealkylation sites (tertiary alicyclic amines) is 1. The number of nitrogens with zero attached hydrogens (tertiary/aromatic N) is 4. The molecule has 0 spiro atoms. The first-order valence-electron chi connectivity index (χ1n) is 9.76. The van der Waals surface area contributed by atoms with Gasteiger partial charge in [0, 0.05) is 50.1 Å². The molecule has 0 radical (unpaired) electrons. The highest BCUT2D eigenvalue weighted by Crippen LogP contribution is 2.27. The highest BCUT2D eigenvalue weighted by Gasteiger charge is 2.28. The van der Waals surface area contributed by atoms with Crippen molar-refractivity contribution in [3.63, 3.8) is 0 Å². The summed E-state index contributed by atoms with van der Waals surface area (Å²) in [5.41, 5.74) is 0.692. The zero-order chi connectivity index (χ0) is 19.2. The maximum atomic E-state index is 13.0. The summed E-state index contributed by atoms with van der Waals surface area (Å²) in [5.74, 6) is 2.20. The molecular weight excluding hydrogens is 340 g/mol. The van der Waals surface area contributed by atoms with E-state index in [4.69, 9.17) is 4.74 Å². The van der Waals surface area contributed by atoms with Crippen LogP contribution in [0.1, 0.15) is 41.9 Å². The molecule has 146 valence electrons. The molecule has 1 aliphatic rings. The van der Waals surface area contributed by atoms with Crippen LogP contribution in [0.5, 0.6) is 5.75 Å². The lowest BCUT2D eigenvalue weighted by molar-refractivity contribution is 0.0702. The molecule has 1 saturated heterocycles. The van der Waals surface area contributed by atoms with Gasteiger partial charge < -0.3 is 19.1 Å². The van der Waals surface area contributed by atoms with E-state index in [1.54, 1.807) is 0 Å². The van der Waals surface area contributed by atoms with Gasteiger partial charge in [-0.1, -0.05) is 6.07 Å². The number of imidazole rings is 1. The number of hydrogen-bond donors (Lipinski definition) is 0. The Kier molecular flexibility index (Phi) is 6.50. The zero-order valence-electron chi connectivity index (χ0n) is 16.6. The molecule has 0 saturated carbocycles. The SMILES string of the molecule is CCOc1cccc(C(=O)N2CCC[C@H](c3nccn3CCN(C)C)C2)c1. The average molecular weight is 370 g/mol. The third kappa shape index (κ3) is 4.89. The predicted molar refractivity (Wildman–Crippen MR) is 106 cm³/mol. The second-order valence-corrected chi connectivity index (χ2v) is 7.33. The fourth-order valence-electron chi connectivity index (χ4n) is 3.62. The van der Waals surface area contributed by atoms with Crippen molar-refractivity contribution in [1.82, 2.24) is 19.4 Å². The van der Waals surface area contributed by atoms with Crippen LogP contribution in [0.2, 0.25) is 0 Å². The molecule has 3 rings (SSSR count). The summed E-state index contributed by atoms with van der Waals surface area (Å²) in [4.78, 5) is 21.8. The number of aromatic nitrogens is 2. The van der Waals surface area contributed by atoms with E-state index in [0.29, 0.717) is 12.2 Å². The monoisotopic (exact) mass is 370 g/mol. The average Bonchev–Trinajstić information content (AvgIpc) is 3.15. The molecule has 0 unspecified atom stereocenters. The predicted octanol–water partition coefficient (Wildman–Crippen LogP) is 2.86. The first-order valence-corrected chi connectivity index (χ1v) is 9.76. The molecule has 0 aliphatic carbocycles. The van der Waals surface area contributed by atoms with Crippen LogP contribution in [0.25, 0.3) is 0 Å². The topological polar surface area (TPSA) is 50.6 Å². The first-order chi connectivity index (χ1) is 13.1.